The normalized spacial score (nSPS) is 12.5. The largest absolute Gasteiger partial charge is 0.366 e. The highest BCUT2D eigenvalue weighted by Gasteiger charge is 2.15. The Bertz CT molecular complexity index is 3100. The Morgan fingerprint density at radius 1 is 0.446 bits per heavy atom. The fourth-order valence-corrected chi connectivity index (χ4v) is 8.54. The van der Waals surface area contributed by atoms with E-state index in [0.29, 0.717) is 0 Å². The maximum absolute atomic E-state index is 6.87. The first-order valence-corrected chi connectivity index (χ1v) is 19.4. The molecule has 0 aliphatic rings. The lowest BCUT2D eigenvalue weighted by atomic mass is 9.88. The van der Waals surface area contributed by atoms with E-state index in [2.05, 4.69) is 193 Å². The third-order valence-electron chi connectivity index (χ3n) is 11.3. The van der Waals surface area contributed by atoms with Gasteiger partial charge in [0.05, 0.1) is 0 Å². The molecule has 0 saturated heterocycles. The van der Waals surface area contributed by atoms with Crippen LogP contribution in [0.3, 0.4) is 0 Å². The summed E-state index contributed by atoms with van der Waals surface area (Å²) < 4.78 is 0. The molecule has 56 heavy (non-hydrogen) atoms. The monoisotopic (exact) mass is 716 g/mol. The number of hydrogen-bond acceptors (Lipinski definition) is 2. The molecule has 10 aromatic rings. The van der Waals surface area contributed by atoms with Gasteiger partial charge in [-0.3, -0.25) is 0 Å². The molecule has 0 fully saturated rings. The van der Waals surface area contributed by atoms with E-state index >= 15 is 0 Å². The molecule has 2 heteroatoms. The second-order valence-electron chi connectivity index (χ2n) is 14.7. The lowest BCUT2D eigenvalue weighted by molar-refractivity contribution is 0.666. The third kappa shape index (κ3) is 6.17. The van der Waals surface area contributed by atoms with E-state index in [0.717, 1.165) is 28.8 Å². The Balaban J connectivity index is 1.08. The highest BCUT2D eigenvalue weighted by atomic mass is 15.0. The Labute approximate surface area is 327 Å². The van der Waals surface area contributed by atoms with Gasteiger partial charge in [-0.25, -0.2) is 0 Å². The number of benzene rings is 10. The Hall–Kier alpha value is -7.00. The Morgan fingerprint density at radius 2 is 1.05 bits per heavy atom. The summed E-state index contributed by atoms with van der Waals surface area (Å²) in [6, 6.07) is 72.2. The molecule has 10 rings (SSSR count). The highest BCUT2D eigenvalue weighted by molar-refractivity contribution is 6.20. The predicted molar refractivity (Wildman–Crippen MR) is 239 cm³/mol. The van der Waals surface area contributed by atoms with Crippen molar-refractivity contribution in [2.24, 2.45) is 5.73 Å². The smallest absolute Gasteiger partial charge is 0.101 e. The summed E-state index contributed by atoms with van der Waals surface area (Å²) >= 11 is 0. The minimum Gasteiger partial charge on any atom is -0.366 e. The van der Waals surface area contributed by atoms with Crippen LogP contribution in [0.2, 0.25) is 0 Å². The molecule has 0 aliphatic carbocycles. The van der Waals surface area contributed by atoms with E-state index in [4.69, 9.17) is 5.73 Å². The zero-order chi connectivity index (χ0) is 37.4. The van der Waals surface area contributed by atoms with Crippen molar-refractivity contribution in [1.82, 2.24) is 5.32 Å². The maximum Gasteiger partial charge on any atom is 0.101 e. The molecule has 0 spiro atoms. The number of rotatable bonds is 8. The van der Waals surface area contributed by atoms with E-state index < -0.39 is 0 Å². The predicted octanol–water partition coefficient (Wildman–Crippen LogP) is 13.6. The summed E-state index contributed by atoms with van der Waals surface area (Å²) in [4.78, 5) is 0. The van der Waals surface area contributed by atoms with Crippen LogP contribution >= 0.6 is 0 Å². The minimum atomic E-state index is -0.376. The van der Waals surface area contributed by atoms with Crippen LogP contribution < -0.4 is 11.1 Å². The van der Waals surface area contributed by atoms with Crippen LogP contribution in [-0.4, -0.2) is 0 Å². The van der Waals surface area contributed by atoms with Gasteiger partial charge < -0.3 is 11.1 Å². The van der Waals surface area contributed by atoms with Crippen molar-refractivity contribution in [3.63, 3.8) is 0 Å². The van der Waals surface area contributed by atoms with Crippen molar-refractivity contribution < 1.29 is 0 Å². The van der Waals surface area contributed by atoms with E-state index in [9.17, 15) is 0 Å². The van der Waals surface area contributed by atoms with Crippen molar-refractivity contribution in [1.29, 1.82) is 0 Å². The number of allylic oxidation sites excluding steroid dienone is 1. The second kappa shape index (κ2) is 14.3. The third-order valence-corrected chi connectivity index (χ3v) is 11.3. The van der Waals surface area contributed by atoms with Crippen LogP contribution in [0.25, 0.3) is 81.8 Å². The van der Waals surface area contributed by atoms with Crippen molar-refractivity contribution in [3.8, 4) is 22.3 Å². The van der Waals surface area contributed by atoms with E-state index in [1.54, 1.807) is 0 Å². The molecule has 3 N–H and O–H groups in total. The van der Waals surface area contributed by atoms with E-state index in [-0.39, 0.29) is 6.17 Å². The van der Waals surface area contributed by atoms with Crippen LogP contribution in [0.1, 0.15) is 22.9 Å². The summed E-state index contributed by atoms with van der Waals surface area (Å²) in [7, 11) is 0. The van der Waals surface area contributed by atoms with Crippen LogP contribution in [-0.2, 0) is 6.42 Å². The summed E-state index contributed by atoms with van der Waals surface area (Å²) in [6.07, 6.45) is 2.68. The molecule has 2 nitrogen and oxygen atoms in total. The van der Waals surface area contributed by atoms with E-state index in [1.165, 1.54) is 76.1 Å². The Kier molecular flexibility index (Phi) is 8.59. The highest BCUT2D eigenvalue weighted by Crippen LogP contribution is 2.40. The van der Waals surface area contributed by atoms with Gasteiger partial charge in [-0.15, -0.1) is 0 Å². The van der Waals surface area contributed by atoms with Crippen molar-refractivity contribution in [2.45, 2.75) is 12.6 Å². The molecule has 0 heterocycles. The van der Waals surface area contributed by atoms with Crippen LogP contribution in [0.15, 0.2) is 206 Å². The number of nitrogens with two attached hydrogens (primary N) is 1. The van der Waals surface area contributed by atoms with Gasteiger partial charge in [0.1, 0.15) is 6.17 Å². The van der Waals surface area contributed by atoms with Gasteiger partial charge >= 0.3 is 0 Å². The molecule has 0 radical (unpaired) electrons. The fraction of sp³-hybridized carbons (Fsp3) is 0.0370. The molecule has 0 amide bonds. The quantitative estimate of drug-likeness (QED) is 0.0933. The summed E-state index contributed by atoms with van der Waals surface area (Å²) in [6.45, 7) is 0. The average molecular weight is 717 g/mol. The standard InChI is InChI=1S/C54H40N2/c55-54(40-15-2-1-3-16-40)56-51(32-30-39-19-10-18-38-28-27-37-14-5-8-25-47(37)52(38)39)44-22-11-20-41(33-44)42-21-12-23-45(34-42)53-48-26-9-6-17-43(48)35-50-46-24-7-4-13-36(46)29-31-49(50)53/h1-29,31-35,54,56H,30,55H2/b51-32-. The van der Waals surface area contributed by atoms with Crippen LogP contribution in [0.4, 0.5) is 0 Å². The summed E-state index contributed by atoms with van der Waals surface area (Å²) in [5, 5.41) is 16.4. The van der Waals surface area contributed by atoms with Gasteiger partial charge in [-0.2, -0.15) is 0 Å². The van der Waals surface area contributed by atoms with Crippen molar-refractivity contribution in [2.75, 3.05) is 0 Å². The SMILES string of the molecule is NC(N/C(=C\Cc1cccc2ccc3ccccc3c12)c1cccc(-c2cccc(-c3c4ccccc4cc4c3ccc3ccccc34)c2)c1)c1ccccc1. The van der Waals surface area contributed by atoms with Gasteiger partial charge in [-0.05, 0) is 117 Å². The average Bonchev–Trinajstić information content (AvgIpc) is 3.27. The van der Waals surface area contributed by atoms with Gasteiger partial charge in [0.15, 0.2) is 0 Å². The summed E-state index contributed by atoms with van der Waals surface area (Å²) in [5.41, 5.74) is 16.1. The van der Waals surface area contributed by atoms with Gasteiger partial charge in [0, 0.05) is 5.70 Å². The molecule has 1 atom stereocenters. The molecular formula is C54H40N2. The first kappa shape index (κ1) is 33.6. The van der Waals surface area contributed by atoms with Gasteiger partial charge in [0.25, 0.3) is 0 Å². The topological polar surface area (TPSA) is 38.0 Å². The molecule has 10 aromatic carbocycles. The lowest BCUT2D eigenvalue weighted by Gasteiger charge is -2.20. The summed E-state index contributed by atoms with van der Waals surface area (Å²) in [5.74, 6) is 0. The lowest BCUT2D eigenvalue weighted by Crippen LogP contribution is -2.27. The zero-order valence-electron chi connectivity index (χ0n) is 31.0. The number of nitrogens with one attached hydrogen (secondary N) is 1. The Morgan fingerprint density at radius 3 is 1.89 bits per heavy atom. The second-order valence-corrected chi connectivity index (χ2v) is 14.7. The number of fused-ring (bicyclic) bond motifs is 7. The zero-order valence-corrected chi connectivity index (χ0v) is 31.0. The first-order valence-electron chi connectivity index (χ1n) is 19.4. The first-order chi connectivity index (χ1) is 27.7. The maximum atomic E-state index is 6.87. The van der Waals surface area contributed by atoms with Crippen molar-refractivity contribution in [3.05, 3.63) is 223 Å². The van der Waals surface area contributed by atoms with E-state index in [1.807, 2.05) is 18.2 Å². The fourth-order valence-electron chi connectivity index (χ4n) is 8.54. The molecule has 0 bridgehead atoms. The van der Waals surface area contributed by atoms with Crippen molar-refractivity contribution >= 4 is 59.6 Å². The van der Waals surface area contributed by atoms with Gasteiger partial charge in [-0.1, -0.05) is 188 Å². The molecular weight excluding hydrogens is 677 g/mol. The molecule has 0 aromatic heterocycles. The molecule has 1 unspecified atom stereocenters. The van der Waals surface area contributed by atoms with Crippen LogP contribution in [0, 0.1) is 0 Å². The van der Waals surface area contributed by atoms with Gasteiger partial charge in [0.2, 0.25) is 0 Å². The molecule has 266 valence electrons. The molecule has 0 aliphatic heterocycles. The number of hydrogen-bond donors (Lipinski definition) is 2. The molecule has 0 saturated carbocycles. The minimum absolute atomic E-state index is 0.376. The van der Waals surface area contributed by atoms with Crippen LogP contribution in [0.5, 0.6) is 0 Å².